The van der Waals surface area contributed by atoms with Crippen LogP contribution in [0.25, 0.3) is 21.7 Å². The molecule has 1 aliphatic rings. The van der Waals surface area contributed by atoms with E-state index in [4.69, 9.17) is 4.74 Å². The largest absolute Gasteiger partial charge is 0.497 e. The lowest BCUT2D eigenvalue weighted by Crippen LogP contribution is -3.10. The fraction of sp³-hybridized carbons (Fsp3) is 0.194. The summed E-state index contributed by atoms with van der Waals surface area (Å²) in [7, 11) is 1.67. The van der Waals surface area contributed by atoms with E-state index in [0.717, 1.165) is 58.6 Å². The van der Waals surface area contributed by atoms with Crippen LogP contribution in [0.2, 0.25) is 0 Å². The number of fused-ring (bicyclic) bond motifs is 5. The number of ether oxygens (including phenoxy) is 1. The first-order valence-corrected chi connectivity index (χ1v) is 15.1. The van der Waals surface area contributed by atoms with Gasteiger partial charge in [-0.25, -0.2) is 8.97 Å². The molecule has 4 heterocycles. The molecule has 0 bridgehead atoms. The first-order chi connectivity index (χ1) is 19.7. The number of nitrogens with zero attached hydrogens (tertiary/aromatic N) is 4. The molecule has 0 saturated heterocycles. The number of nitrogens with one attached hydrogen (secondary N) is 1. The van der Waals surface area contributed by atoms with Crippen molar-refractivity contribution in [3.05, 3.63) is 117 Å². The van der Waals surface area contributed by atoms with E-state index in [1.54, 1.807) is 34.8 Å². The van der Waals surface area contributed by atoms with Crippen molar-refractivity contribution in [1.29, 1.82) is 0 Å². The summed E-state index contributed by atoms with van der Waals surface area (Å²) < 4.78 is 9.13. The lowest BCUT2D eigenvalue weighted by molar-refractivity contribution is -0.929. The van der Waals surface area contributed by atoms with Gasteiger partial charge in [0.25, 0.3) is 5.56 Å². The highest BCUT2D eigenvalue weighted by molar-refractivity contribution is 7.98. The fourth-order valence-corrected chi connectivity index (χ4v) is 7.85. The Morgan fingerprint density at radius 3 is 2.45 bits per heavy atom. The summed E-state index contributed by atoms with van der Waals surface area (Å²) in [6.45, 7) is 2.89. The molecule has 9 heteroatoms. The monoisotopic (exact) mass is 566 g/mol. The molecule has 1 atom stereocenters. The summed E-state index contributed by atoms with van der Waals surface area (Å²) >= 11 is 3.36. The van der Waals surface area contributed by atoms with E-state index in [2.05, 4.69) is 57.1 Å². The van der Waals surface area contributed by atoms with Crippen LogP contribution in [0, 0.1) is 0 Å². The highest BCUT2D eigenvalue weighted by Crippen LogP contribution is 2.34. The standard InChI is InChI=1S/C31H27N5O2S2/c1-38-24-14-12-22(13-15-24)20-39-31-33-32-30-35(23-10-6-3-7-11-23)28(37)27-25-16-17-34(18-21-8-4-2-5-9-21)19-26(25)40-29(27)36(30)31/h2-15H,16-20H2,1H3/p+1. The van der Waals surface area contributed by atoms with Gasteiger partial charge in [0.2, 0.25) is 5.78 Å². The van der Waals surface area contributed by atoms with Gasteiger partial charge in [-0.1, -0.05) is 72.4 Å². The molecule has 1 unspecified atom stereocenters. The molecule has 40 heavy (non-hydrogen) atoms. The molecule has 0 radical (unpaired) electrons. The van der Waals surface area contributed by atoms with Crippen LogP contribution in [0.1, 0.15) is 21.6 Å². The van der Waals surface area contributed by atoms with Gasteiger partial charge in [0.1, 0.15) is 23.7 Å². The molecule has 3 aromatic carbocycles. The van der Waals surface area contributed by atoms with Crippen LogP contribution >= 0.6 is 23.1 Å². The van der Waals surface area contributed by atoms with Crippen LogP contribution < -0.4 is 15.2 Å². The third-order valence-corrected chi connectivity index (χ3v) is 9.70. The Morgan fingerprint density at radius 2 is 1.70 bits per heavy atom. The van der Waals surface area contributed by atoms with Crippen LogP contribution in [-0.4, -0.2) is 32.8 Å². The SMILES string of the molecule is COc1ccc(CSc2nnc3n(-c4ccccc4)c(=O)c4c5c(sc4n23)C[NH+](Cc2ccccc2)CC5)cc1. The molecular weight excluding hydrogens is 539 g/mol. The Labute approximate surface area is 239 Å². The average Bonchev–Trinajstić information content (AvgIpc) is 3.59. The van der Waals surface area contributed by atoms with Gasteiger partial charge < -0.3 is 9.64 Å². The van der Waals surface area contributed by atoms with Gasteiger partial charge in [0.05, 0.1) is 29.6 Å². The average molecular weight is 567 g/mol. The molecule has 1 N–H and O–H groups in total. The number of aromatic nitrogens is 4. The van der Waals surface area contributed by atoms with Crippen LogP contribution in [0.3, 0.4) is 0 Å². The van der Waals surface area contributed by atoms with Crippen molar-refractivity contribution >= 4 is 39.1 Å². The Hall–Kier alpha value is -3.92. The molecule has 0 amide bonds. The van der Waals surface area contributed by atoms with E-state index in [1.807, 2.05) is 42.5 Å². The number of thiophene rings is 1. The third kappa shape index (κ3) is 4.50. The quantitative estimate of drug-likeness (QED) is 0.288. The number of methoxy groups -OCH3 is 1. The lowest BCUT2D eigenvalue weighted by Gasteiger charge is -2.23. The second-order valence-corrected chi connectivity index (χ2v) is 12.0. The maximum Gasteiger partial charge on any atom is 0.268 e. The third-order valence-electron chi connectivity index (χ3n) is 7.49. The molecule has 0 saturated carbocycles. The number of para-hydroxylation sites is 1. The van der Waals surface area contributed by atoms with Gasteiger partial charge in [-0.05, 0) is 35.4 Å². The number of thioether (sulfide) groups is 1. The topological polar surface area (TPSA) is 65.9 Å². The second kappa shape index (κ2) is 10.6. The van der Waals surface area contributed by atoms with Crippen LogP contribution in [0.4, 0.5) is 0 Å². The number of benzene rings is 3. The summed E-state index contributed by atoms with van der Waals surface area (Å²) in [6.07, 6.45) is 0.878. The number of rotatable bonds is 7. The normalized spacial score (nSPS) is 15.0. The minimum Gasteiger partial charge on any atom is -0.497 e. The van der Waals surface area contributed by atoms with E-state index >= 15 is 0 Å². The highest BCUT2D eigenvalue weighted by Gasteiger charge is 2.29. The van der Waals surface area contributed by atoms with E-state index < -0.39 is 0 Å². The van der Waals surface area contributed by atoms with Crippen molar-refractivity contribution in [2.24, 2.45) is 0 Å². The Balaban J connectivity index is 1.33. The zero-order valence-corrected chi connectivity index (χ0v) is 23.7. The second-order valence-electron chi connectivity index (χ2n) is 10.0. The first kappa shape index (κ1) is 25.1. The summed E-state index contributed by atoms with van der Waals surface area (Å²) in [5.74, 6) is 2.12. The van der Waals surface area contributed by atoms with Gasteiger partial charge in [-0.3, -0.25) is 4.79 Å². The molecule has 200 valence electrons. The number of hydrogen-bond acceptors (Lipinski definition) is 6. The van der Waals surface area contributed by atoms with Crippen molar-refractivity contribution in [3.63, 3.8) is 0 Å². The van der Waals surface area contributed by atoms with Gasteiger partial charge >= 0.3 is 0 Å². The van der Waals surface area contributed by atoms with Crippen molar-refractivity contribution < 1.29 is 9.64 Å². The van der Waals surface area contributed by atoms with Crippen LogP contribution in [-0.2, 0) is 25.3 Å². The first-order valence-electron chi connectivity index (χ1n) is 13.3. The maximum atomic E-state index is 14.2. The van der Waals surface area contributed by atoms with E-state index in [9.17, 15) is 4.79 Å². The molecule has 0 aliphatic carbocycles. The summed E-state index contributed by atoms with van der Waals surface area (Å²) in [5.41, 5.74) is 4.48. The zero-order valence-electron chi connectivity index (χ0n) is 22.0. The predicted octanol–water partition coefficient (Wildman–Crippen LogP) is 4.54. The lowest BCUT2D eigenvalue weighted by atomic mass is 10.0. The van der Waals surface area contributed by atoms with Gasteiger partial charge in [0, 0.05) is 17.7 Å². The van der Waals surface area contributed by atoms with Crippen molar-refractivity contribution in [3.8, 4) is 11.4 Å². The minimum absolute atomic E-state index is 0.0168. The summed E-state index contributed by atoms with van der Waals surface area (Å²) in [5, 5.41) is 10.7. The predicted molar refractivity (Wildman–Crippen MR) is 160 cm³/mol. The highest BCUT2D eigenvalue weighted by atomic mass is 32.2. The fourth-order valence-electron chi connectivity index (χ4n) is 5.50. The Bertz CT molecular complexity index is 1860. The molecule has 7 nitrogen and oxygen atoms in total. The van der Waals surface area contributed by atoms with Crippen molar-refractivity contribution in [2.75, 3.05) is 13.7 Å². The van der Waals surface area contributed by atoms with Gasteiger partial charge in [-0.15, -0.1) is 21.5 Å². The molecule has 6 aromatic rings. The molecule has 1 aliphatic heterocycles. The van der Waals surface area contributed by atoms with Gasteiger partial charge in [0.15, 0.2) is 5.16 Å². The Morgan fingerprint density at radius 1 is 0.950 bits per heavy atom. The molecule has 0 fully saturated rings. The molecular formula is C31H28N5O2S2+. The number of quaternary nitrogens is 1. The zero-order chi connectivity index (χ0) is 27.1. The van der Waals surface area contributed by atoms with Crippen LogP contribution in [0.15, 0.2) is 94.9 Å². The maximum absolute atomic E-state index is 14.2. The Kier molecular flexibility index (Phi) is 6.63. The van der Waals surface area contributed by atoms with Crippen molar-refractivity contribution in [2.45, 2.75) is 30.4 Å². The molecule has 3 aromatic heterocycles. The number of hydrogen-bond donors (Lipinski definition) is 1. The molecule has 7 rings (SSSR count). The van der Waals surface area contributed by atoms with E-state index in [-0.39, 0.29) is 5.56 Å². The minimum atomic E-state index is -0.0168. The van der Waals surface area contributed by atoms with E-state index in [1.165, 1.54) is 26.5 Å². The van der Waals surface area contributed by atoms with Crippen molar-refractivity contribution in [1.82, 2.24) is 19.2 Å². The van der Waals surface area contributed by atoms with Crippen LogP contribution in [0.5, 0.6) is 5.75 Å². The summed E-state index contributed by atoms with van der Waals surface area (Å²) in [6, 6.07) is 28.5. The summed E-state index contributed by atoms with van der Waals surface area (Å²) in [4.78, 5) is 17.9. The molecule has 0 spiro atoms. The van der Waals surface area contributed by atoms with Gasteiger partial charge in [-0.2, -0.15) is 0 Å². The van der Waals surface area contributed by atoms with E-state index in [0.29, 0.717) is 5.78 Å². The smallest absolute Gasteiger partial charge is 0.268 e.